The van der Waals surface area contributed by atoms with Crippen molar-refractivity contribution in [2.75, 3.05) is 0 Å². The maximum atomic E-state index is 12.3. The number of nitrogens with zero attached hydrogens (tertiary/aromatic N) is 2. The Morgan fingerprint density at radius 2 is 1.83 bits per heavy atom. The number of nitrogens with one attached hydrogen (secondary N) is 1. The van der Waals surface area contributed by atoms with Gasteiger partial charge < -0.3 is 0 Å². The second kappa shape index (κ2) is 5.59. The summed E-state index contributed by atoms with van der Waals surface area (Å²) in [5, 5.41) is 3.82. The lowest BCUT2D eigenvalue weighted by molar-refractivity contribution is 0.558. The first-order chi connectivity index (χ1) is 10.7. The van der Waals surface area contributed by atoms with E-state index in [-0.39, 0.29) is 20.5 Å². The quantitative estimate of drug-likeness (QED) is 0.891. The molecule has 1 N–H and O–H groups in total. The average Bonchev–Trinajstić information content (AvgIpc) is 3.21. The lowest BCUT2D eigenvalue weighted by Crippen LogP contribution is -2.34. The van der Waals surface area contributed by atoms with Crippen LogP contribution < -0.4 is 10.3 Å². The first kappa shape index (κ1) is 16.4. The predicted molar refractivity (Wildman–Crippen MR) is 87.8 cm³/mol. The Hall–Kier alpha value is -1.41. The van der Waals surface area contributed by atoms with Crippen LogP contribution in [0.5, 0.6) is 0 Å². The molecule has 1 aromatic heterocycles. The van der Waals surface area contributed by atoms with Gasteiger partial charge in [0.2, 0.25) is 10.0 Å². The molecule has 0 bridgehead atoms. The maximum absolute atomic E-state index is 12.3. The fourth-order valence-corrected chi connectivity index (χ4v) is 3.75. The molecule has 0 spiro atoms. The molecular weight excluding hydrogens is 361 g/mol. The van der Waals surface area contributed by atoms with E-state index in [1.165, 1.54) is 30.5 Å². The van der Waals surface area contributed by atoms with Crippen LogP contribution in [0.15, 0.2) is 40.2 Å². The van der Waals surface area contributed by atoms with Crippen molar-refractivity contribution >= 4 is 33.2 Å². The number of hydrogen-bond donors (Lipinski definition) is 1. The van der Waals surface area contributed by atoms with Gasteiger partial charge >= 0.3 is 0 Å². The molecule has 1 saturated carbocycles. The summed E-state index contributed by atoms with van der Waals surface area (Å²) in [6, 6.07) is 5.81. The van der Waals surface area contributed by atoms with Gasteiger partial charge in [0.25, 0.3) is 5.56 Å². The summed E-state index contributed by atoms with van der Waals surface area (Å²) in [5.74, 6) is 0. The van der Waals surface area contributed by atoms with E-state index in [1.807, 2.05) is 6.92 Å². The number of sulfonamides is 1. The molecule has 23 heavy (non-hydrogen) atoms. The maximum Gasteiger partial charge on any atom is 0.291 e. The van der Waals surface area contributed by atoms with Gasteiger partial charge in [-0.2, -0.15) is 9.78 Å². The van der Waals surface area contributed by atoms with Crippen LogP contribution in [0.2, 0.25) is 10.0 Å². The zero-order valence-electron chi connectivity index (χ0n) is 12.1. The largest absolute Gasteiger partial charge is 0.291 e. The van der Waals surface area contributed by atoms with Crippen LogP contribution in [0, 0.1) is 0 Å². The summed E-state index contributed by atoms with van der Waals surface area (Å²) in [6.07, 6.45) is 2.91. The monoisotopic (exact) mass is 373 g/mol. The molecule has 1 fully saturated rings. The van der Waals surface area contributed by atoms with Gasteiger partial charge in [0, 0.05) is 5.54 Å². The fraction of sp³-hybridized carbons (Fsp3) is 0.286. The molecule has 122 valence electrons. The Balaban J connectivity index is 1.94. The molecule has 0 aliphatic heterocycles. The zero-order chi connectivity index (χ0) is 16.8. The van der Waals surface area contributed by atoms with E-state index in [0.29, 0.717) is 5.69 Å². The SMILES string of the molecule is CC1(NS(=O)(=O)c2ccc(-n3ncc(Cl)c(Cl)c3=O)cc2)CC1. The Kier molecular flexibility index (Phi) is 4.00. The molecule has 1 aliphatic rings. The average molecular weight is 374 g/mol. The van der Waals surface area contributed by atoms with Crippen molar-refractivity contribution in [1.82, 2.24) is 14.5 Å². The molecule has 2 aromatic rings. The molecule has 9 heteroatoms. The van der Waals surface area contributed by atoms with Crippen LogP contribution in [-0.2, 0) is 10.0 Å². The Morgan fingerprint density at radius 1 is 1.22 bits per heavy atom. The number of halogens is 2. The summed E-state index contributed by atoms with van der Waals surface area (Å²) in [4.78, 5) is 12.1. The van der Waals surface area contributed by atoms with Gasteiger partial charge in [0.1, 0.15) is 5.02 Å². The minimum absolute atomic E-state index is 0.0639. The molecule has 0 radical (unpaired) electrons. The lowest BCUT2D eigenvalue weighted by atomic mass is 10.3. The highest BCUT2D eigenvalue weighted by Crippen LogP contribution is 2.35. The Morgan fingerprint density at radius 3 is 2.39 bits per heavy atom. The molecule has 0 amide bonds. The van der Waals surface area contributed by atoms with Gasteiger partial charge in [-0.3, -0.25) is 4.79 Å². The Labute approximate surface area is 143 Å². The second-order valence-electron chi connectivity index (χ2n) is 5.68. The van der Waals surface area contributed by atoms with Crippen LogP contribution >= 0.6 is 23.2 Å². The first-order valence-corrected chi connectivity index (χ1v) is 9.04. The molecule has 0 atom stereocenters. The van der Waals surface area contributed by atoms with Gasteiger partial charge in [-0.1, -0.05) is 23.2 Å². The highest BCUT2D eigenvalue weighted by molar-refractivity contribution is 7.89. The van der Waals surface area contributed by atoms with Crippen molar-refractivity contribution in [2.45, 2.75) is 30.2 Å². The minimum atomic E-state index is -3.58. The van der Waals surface area contributed by atoms with Crippen molar-refractivity contribution in [2.24, 2.45) is 0 Å². The minimum Gasteiger partial charge on any atom is -0.266 e. The highest BCUT2D eigenvalue weighted by atomic mass is 35.5. The van der Waals surface area contributed by atoms with E-state index < -0.39 is 15.6 Å². The third-order valence-corrected chi connectivity index (χ3v) is 6.05. The number of rotatable bonds is 4. The van der Waals surface area contributed by atoms with E-state index in [4.69, 9.17) is 23.2 Å². The van der Waals surface area contributed by atoms with Crippen LogP contribution in [0.3, 0.4) is 0 Å². The third kappa shape index (κ3) is 3.28. The zero-order valence-corrected chi connectivity index (χ0v) is 14.4. The molecule has 0 saturated heterocycles. The lowest BCUT2D eigenvalue weighted by Gasteiger charge is -2.12. The molecule has 0 unspecified atom stereocenters. The van der Waals surface area contributed by atoms with Gasteiger partial charge in [0.15, 0.2) is 0 Å². The number of hydrogen-bond acceptors (Lipinski definition) is 4. The van der Waals surface area contributed by atoms with E-state index in [0.717, 1.165) is 17.5 Å². The van der Waals surface area contributed by atoms with Crippen molar-refractivity contribution in [3.05, 3.63) is 50.9 Å². The van der Waals surface area contributed by atoms with Crippen LogP contribution in [0.1, 0.15) is 19.8 Å². The van der Waals surface area contributed by atoms with Crippen LogP contribution in [-0.4, -0.2) is 23.7 Å². The van der Waals surface area contributed by atoms with Crippen LogP contribution in [0.4, 0.5) is 0 Å². The van der Waals surface area contributed by atoms with E-state index in [2.05, 4.69) is 9.82 Å². The Bertz CT molecular complexity index is 919. The van der Waals surface area contributed by atoms with Crippen molar-refractivity contribution < 1.29 is 8.42 Å². The molecule has 6 nitrogen and oxygen atoms in total. The van der Waals surface area contributed by atoms with E-state index in [9.17, 15) is 13.2 Å². The van der Waals surface area contributed by atoms with Crippen LogP contribution in [0.25, 0.3) is 5.69 Å². The molecule has 1 aliphatic carbocycles. The molecule has 1 aromatic carbocycles. The summed E-state index contributed by atoms with van der Waals surface area (Å²) >= 11 is 11.5. The molecular formula is C14H13Cl2N3O3S. The topological polar surface area (TPSA) is 81.1 Å². The van der Waals surface area contributed by atoms with Crippen molar-refractivity contribution in [1.29, 1.82) is 0 Å². The second-order valence-corrected chi connectivity index (χ2v) is 8.15. The summed E-state index contributed by atoms with van der Waals surface area (Å²) < 4.78 is 28.3. The standard InChI is InChI=1S/C14H13Cl2N3O3S/c1-14(6-7-14)18-23(21,22)10-4-2-9(3-5-10)19-13(20)12(16)11(15)8-17-19/h2-5,8,18H,6-7H2,1H3. The highest BCUT2D eigenvalue weighted by Gasteiger charge is 2.41. The van der Waals surface area contributed by atoms with Gasteiger partial charge in [-0.15, -0.1) is 0 Å². The fourth-order valence-electron chi connectivity index (χ4n) is 2.04. The van der Waals surface area contributed by atoms with E-state index >= 15 is 0 Å². The van der Waals surface area contributed by atoms with Crippen molar-refractivity contribution in [3.63, 3.8) is 0 Å². The number of benzene rings is 1. The van der Waals surface area contributed by atoms with Gasteiger partial charge in [-0.05, 0) is 44.0 Å². The van der Waals surface area contributed by atoms with E-state index in [1.54, 1.807) is 0 Å². The van der Waals surface area contributed by atoms with Crippen molar-refractivity contribution in [3.8, 4) is 5.69 Å². The predicted octanol–water partition coefficient (Wildman–Crippen LogP) is 2.37. The summed E-state index contributed by atoms with van der Waals surface area (Å²) in [7, 11) is -3.58. The smallest absolute Gasteiger partial charge is 0.266 e. The first-order valence-electron chi connectivity index (χ1n) is 6.80. The third-order valence-electron chi connectivity index (χ3n) is 3.65. The summed E-state index contributed by atoms with van der Waals surface area (Å²) in [5.41, 5.74) is -0.525. The van der Waals surface area contributed by atoms with Gasteiger partial charge in [0.05, 0.1) is 21.8 Å². The number of aromatic nitrogens is 2. The molecule has 1 heterocycles. The normalized spacial score (nSPS) is 16.3. The molecule has 3 rings (SSSR count). The van der Waals surface area contributed by atoms with Gasteiger partial charge in [-0.25, -0.2) is 13.1 Å². The summed E-state index contributed by atoms with van der Waals surface area (Å²) in [6.45, 7) is 1.86.